The van der Waals surface area contributed by atoms with E-state index in [1.807, 2.05) is 6.07 Å². The van der Waals surface area contributed by atoms with E-state index in [0.29, 0.717) is 18.3 Å². The molecule has 1 aliphatic rings. The van der Waals surface area contributed by atoms with Crippen molar-refractivity contribution in [2.45, 2.75) is 58.5 Å². The average Bonchev–Trinajstić information content (AvgIpc) is 2.87. The van der Waals surface area contributed by atoms with Crippen molar-refractivity contribution in [2.75, 3.05) is 14.2 Å². The molecule has 170 valence electrons. The molecule has 0 N–H and O–H groups in total. The van der Waals surface area contributed by atoms with E-state index in [1.165, 1.54) is 28.7 Å². The quantitative estimate of drug-likeness (QED) is 0.436. The van der Waals surface area contributed by atoms with Gasteiger partial charge >= 0.3 is 0 Å². The molecule has 0 aliphatic heterocycles. The van der Waals surface area contributed by atoms with Crippen molar-refractivity contribution in [3.63, 3.8) is 0 Å². The Balaban J connectivity index is 1.74. The standard InChI is InChI=1S/C29H33N3O/c1-5-20-12-9-13-21(6-2)29(20)25-17-28(33-4)24(26(18-30)31-25)19-32(3)27-16-10-14-22-11-7-8-15-23(22)27/h7-9,11-13,15,17,27H,5-6,10,14,16,19H2,1-4H3/t27-/m0/s1. The van der Waals surface area contributed by atoms with Gasteiger partial charge in [-0.15, -0.1) is 0 Å². The number of aryl methyl sites for hydroxylation is 3. The third-order valence-electron chi connectivity index (χ3n) is 6.94. The van der Waals surface area contributed by atoms with Crippen LogP contribution in [0.1, 0.15) is 66.2 Å². The Morgan fingerprint density at radius 2 is 1.82 bits per heavy atom. The lowest BCUT2D eigenvalue weighted by molar-refractivity contribution is 0.210. The number of hydrogen-bond acceptors (Lipinski definition) is 4. The van der Waals surface area contributed by atoms with E-state index < -0.39 is 0 Å². The van der Waals surface area contributed by atoms with Crippen molar-refractivity contribution >= 4 is 0 Å². The summed E-state index contributed by atoms with van der Waals surface area (Å²) in [6, 6.07) is 19.9. The highest BCUT2D eigenvalue weighted by atomic mass is 16.5. The molecule has 1 heterocycles. The van der Waals surface area contributed by atoms with Crippen LogP contribution in [0.15, 0.2) is 48.5 Å². The maximum Gasteiger partial charge on any atom is 0.149 e. The third-order valence-corrected chi connectivity index (χ3v) is 6.94. The number of pyridine rings is 1. The minimum absolute atomic E-state index is 0.332. The Morgan fingerprint density at radius 3 is 2.48 bits per heavy atom. The van der Waals surface area contributed by atoms with Crippen LogP contribution in [0.2, 0.25) is 0 Å². The first kappa shape index (κ1) is 23.0. The van der Waals surface area contributed by atoms with Crippen LogP contribution in [0.5, 0.6) is 5.75 Å². The van der Waals surface area contributed by atoms with Crippen LogP contribution >= 0.6 is 0 Å². The van der Waals surface area contributed by atoms with Gasteiger partial charge in [-0.05, 0) is 61.4 Å². The van der Waals surface area contributed by atoms with Gasteiger partial charge in [0.2, 0.25) is 0 Å². The van der Waals surface area contributed by atoms with Gasteiger partial charge in [-0.3, -0.25) is 4.90 Å². The van der Waals surface area contributed by atoms with Gasteiger partial charge in [0, 0.05) is 29.8 Å². The highest BCUT2D eigenvalue weighted by molar-refractivity contribution is 5.70. The first-order valence-electron chi connectivity index (χ1n) is 12.0. The number of nitriles is 1. The van der Waals surface area contributed by atoms with Crippen LogP contribution < -0.4 is 4.74 Å². The average molecular weight is 440 g/mol. The molecule has 3 aromatic rings. The van der Waals surface area contributed by atoms with E-state index >= 15 is 0 Å². The molecule has 4 nitrogen and oxygen atoms in total. The lowest BCUT2D eigenvalue weighted by Crippen LogP contribution is -2.28. The number of rotatable bonds is 7. The number of fused-ring (bicyclic) bond motifs is 1. The Kier molecular flexibility index (Phi) is 7.11. The molecule has 0 saturated heterocycles. The van der Waals surface area contributed by atoms with Crippen molar-refractivity contribution in [3.05, 3.63) is 82.0 Å². The van der Waals surface area contributed by atoms with E-state index in [1.54, 1.807) is 7.11 Å². The Hall–Kier alpha value is -3.16. The van der Waals surface area contributed by atoms with Crippen LogP contribution in [0, 0.1) is 11.3 Å². The van der Waals surface area contributed by atoms with Crippen LogP contribution in [-0.2, 0) is 25.8 Å². The van der Waals surface area contributed by atoms with E-state index in [9.17, 15) is 5.26 Å². The van der Waals surface area contributed by atoms with Crippen molar-refractivity contribution in [1.29, 1.82) is 5.26 Å². The van der Waals surface area contributed by atoms with Gasteiger partial charge < -0.3 is 4.74 Å². The van der Waals surface area contributed by atoms with Gasteiger partial charge in [-0.2, -0.15) is 5.26 Å². The molecule has 33 heavy (non-hydrogen) atoms. The van der Waals surface area contributed by atoms with Gasteiger partial charge in [-0.1, -0.05) is 56.3 Å². The molecule has 4 rings (SSSR count). The maximum absolute atomic E-state index is 10.1. The SMILES string of the molecule is CCc1cccc(CC)c1-c1cc(OC)c(CN(C)[C@H]2CCCc3ccccc32)c(C#N)n1. The first-order valence-corrected chi connectivity index (χ1v) is 12.0. The molecule has 0 spiro atoms. The zero-order valence-electron chi connectivity index (χ0n) is 20.2. The van der Waals surface area contributed by atoms with Gasteiger partial charge in [0.05, 0.1) is 12.8 Å². The van der Waals surface area contributed by atoms with Gasteiger partial charge in [0.15, 0.2) is 0 Å². The maximum atomic E-state index is 10.1. The number of hydrogen-bond donors (Lipinski definition) is 0. The summed E-state index contributed by atoms with van der Waals surface area (Å²) in [6.07, 6.45) is 5.27. The minimum atomic E-state index is 0.332. The fraction of sp³-hybridized carbons (Fsp3) is 0.379. The van der Waals surface area contributed by atoms with Crippen LogP contribution in [0.4, 0.5) is 0 Å². The van der Waals surface area contributed by atoms with E-state index in [-0.39, 0.29) is 0 Å². The van der Waals surface area contributed by atoms with Gasteiger partial charge in [-0.25, -0.2) is 4.98 Å². The molecule has 1 atom stereocenters. The normalized spacial score (nSPS) is 15.2. The molecule has 0 radical (unpaired) electrons. The van der Waals surface area contributed by atoms with Gasteiger partial charge in [0.1, 0.15) is 17.5 Å². The van der Waals surface area contributed by atoms with Gasteiger partial charge in [0.25, 0.3) is 0 Å². The minimum Gasteiger partial charge on any atom is -0.496 e. The molecule has 0 fully saturated rings. The molecule has 2 aromatic carbocycles. The summed E-state index contributed by atoms with van der Waals surface area (Å²) in [4.78, 5) is 7.20. The van der Waals surface area contributed by atoms with Crippen molar-refractivity contribution in [1.82, 2.24) is 9.88 Å². The summed E-state index contributed by atoms with van der Waals surface area (Å²) in [5, 5.41) is 10.1. The Labute approximate surface area is 197 Å². The largest absolute Gasteiger partial charge is 0.496 e. The Bertz CT molecular complexity index is 1160. The number of aromatic nitrogens is 1. The first-order chi connectivity index (χ1) is 16.1. The highest BCUT2D eigenvalue weighted by Crippen LogP contribution is 2.37. The topological polar surface area (TPSA) is 49.1 Å². The second-order valence-corrected chi connectivity index (χ2v) is 8.83. The molecule has 0 amide bonds. The van der Waals surface area contributed by atoms with E-state index in [2.05, 4.69) is 74.3 Å². The van der Waals surface area contributed by atoms with Crippen LogP contribution in [0.25, 0.3) is 11.3 Å². The van der Waals surface area contributed by atoms with Crippen molar-refractivity contribution in [2.24, 2.45) is 0 Å². The molecular formula is C29H33N3O. The van der Waals surface area contributed by atoms with Crippen LogP contribution in [0.3, 0.4) is 0 Å². The summed E-state index contributed by atoms with van der Waals surface area (Å²) in [7, 11) is 3.83. The smallest absolute Gasteiger partial charge is 0.149 e. The molecular weight excluding hydrogens is 406 g/mol. The zero-order chi connectivity index (χ0) is 23.4. The summed E-state index contributed by atoms with van der Waals surface area (Å²) in [5.41, 5.74) is 8.61. The van der Waals surface area contributed by atoms with Crippen LogP contribution in [-0.4, -0.2) is 24.0 Å². The van der Waals surface area contributed by atoms with E-state index in [0.717, 1.165) is 48.3 Å². The predicted octanol–water partition coefficient (Wildman–Crippen LogP) is 6.26. The third kappa shape index (κ3) is 4.51. The number of nitrogens with zero attached hydrogens (tertiary/aromatic N) is 3. The fourth-order valence-electron chi connectivity index (χ4n) is 5.22. The lowest BCUT2D eigenvalue weighted by Gasteiger charge is -2.33. The van der Waals surface area contributed by atoms with E-state index in [4.69, 9.17) is 9.72 Å². The summed E-state index contributed by atoms with van der Waals surface area (Å²) < 4.78 is 5.84. The molecule has 1 aromatic heterocycles. The molecule has 4 heteroatoms. The lowest BCUT2D eigenvalue weighted by atomic mass is 9.87. The van der Waals surface area contributed by atoms with Crippen molar-refractivity contribution in [3.8, 4) is 23.1 Å². The molecule has 0 bridgehead atoms. The second-order valence-electron chi connectivity index (χ2n) is 8.83. The summed E-state index contributed by atoms with van der Waals surface area (Å²) >= 11 is 0. The molecule has 1 aliphatic carbocycles. The predicted molar refractivity (Wildman–Crippen MR) is 133 cm³/mol. The second kappa shape index (κ2) is 10.2. The highest BCUT2D eigenvalue weighted by Gasteiger charge is 2.26. The summed E-state index contributed by atoms with van der Waals surface area (Å²) in [5.74, 6) is 0.737. The fourth-order valence-corrected chi connectivity index (χ4v) is 5.22. The molecule has 0 saturated carbocycles. The number of benzene rings is 2. The number of methoxy groups -OCH3 is 1. The monoisotopic (exact) mass is 439 g/mol. The van der Waals surface area contributed by atoms with Crippen molar-refractivity contribution < 1.29 is 4.74 Å². The molecule has 0 unspecified atom stereocenters. The summed E-state index contributed by atoms with van der Waals surface area (Å²) in [6.45, 7) is 4.94. The Morgan fingerprint density at radius 1 is 1.09 bits per heavy atom. The number of ether oxygens (including phenoxy) is 1. The zero-order valence-corrected chi connectivity index (χ0v) is 20.2.